The van der Waals surface area contributed by atoms with Crippen molar-refractivity contribution in [1.29, 1.82) is 0 Å². The Kier molecular flexibility index (Phi) is 4.53. The van der Waals surface area contributed by atoms with Crippen LogP contribution in [0.25, 0.3) is 0 Å². The average molecular weight is 201 g/mol. The van der Waals surface area contributed by atoms with Crippen LogP contribution in [0.4, 0.5) is 5.13 Å². The van der Waals surface area contributed by atoms with Crippen molar-refractivity contribution < 1.29 is 4.74 Å². The number of anilines is 1. The number of unbranched alkanes of at least 4 members (excludes halogenated alkanes) is 3. The van der Waals surface area contributed by atoms with Crippen molar-refractivity contribution in [3.8, 4) is 5.19 Å². The fourth-order valence-corrected chi connectivity index (χ4v) is 1.45. The van der Waals surface area contributed by atoms with E-state index in [4.69, 9.17) is 10.5 Å². The maximum absolute atomic E-state index is 5.40. The summed E-state index contributed by atoms with van der Waals surface area (Å²) in [6.45, 7) is 2.90. The number of nitrogens with two attached hydrogens (primary N) is 1. The van der Waals surface area contributed by atoms with Gasteiger partial charge >= 0.3 is 0 Å². The molecule has 1 rings (SSSR count). The molecule has 0 radical (unpaired) electrons. The molecule has 74 valence electrons. The minimum atomic E-state index is 0.462. The quantitative estimate of drug-likeness (QED) is 0.716. The zero-order valence-electron chi connectivity index (χ0n) is 7.82. The standard InChI is InChI=1S/C8H15N3OS/c1-2-3-4-5-6-12-8-11-10-7(9)13-8/h2-6H2,1H3,(H2,9,10). The van der Waals surface area contributed by atoms with Gasteiger partial charge in [0.15, 0.2) is 0 Å². The molecule has 1 aromatic heterocycles. The highest BCUT2D eigenvalue weighted by Crippen LogP contribution is 2.19. The average Bonchev–Trinajstić information content (AvgIpc) is 2.51. The van der Waals surface area contributed by atoms with Gasteiger partial charge in [-0.05, 0) is 17.8 Å². The van der Waals surface area contributed by atoms with Crippen molar-refractivity contribution in [3.63, 3.8) is 0 Å². The molecule has 0 atom stereocenters. The fourth-order valence-electron chi connectivity index (χ4n) is 0.967. The lowest BCUT2D eigenvalue weighted by molar-refractivity contribution is 0.301. The molecule has 0 aliphatic rings. The monoisotopic (exact) mass is 201 g/mol. The Bertz CT molecular complexity index is 239. The van der Waals surface area contributed by atoms with E-state index in [1.165, 1.54) is 30.6 Å². The van der Waals surface area contributed by atoms with Crippen LogP contribution in [0.5, 0.6) is 5.19 Å². The van der Waals surface area contributed by atoms with Gasteiger partial charge in [0.25, 0.3) is 5.19 Å². The van der Waals surface area contributed by atoms with Gasteiger partial charge in [0.2, 0.25) is 5.13 Å². The number of nitrogen functional groups attached to an aromatic ring is 1. The molecule has 0 aliphatic heterocycles. The predicted octanol–water partition coefficient (Wildman–Crippen LogP) is 2.08. The van der Waals surface area contributed by atoms with Crippen LogP contribution >= 0.6 is 11.3 Å². The summed E-state index contributed by atoms with van der Waals surface area (Å²) in [5, 5.41) is 8.45. The zero-order chi connectivity index (χ0) is 9.52. The summed E-state index contributed by atoms with van der Waals surface area (Å²) in [6.07, 6.45) is 4.80. The van der Waals surface area contributed by atoms with E-state index in [2.05, 4.69) is 17.1 Å². The Morgan fingerprint density at radius 2 is 2.15 bits per heavy atom. The summed E-state index contributed by atoms with van der Waals surface area (Å²) in [6, 6.07) is 0. The number of rotatable bonds is 6. The van der Waals surface area contributed by atoms with Crippen molar-refractivity contribution in [2.75, 3.05) is 12.3 Å². The van der Waals surface area contributed by atoms with E-state index < -0.39 is 0 Å². The largest absolute Gasteiger partial charge is 0.469 e. The zero-order valence-corrected chi connectivity index (χ0v) is 8.64. The van der Waals surface area contributed by atoms with Crippen molar-refractivity contribution in [1.82, 2.24) is 10.2 Å². The lowest BCUT2D eigenvalue weighted by Gasteiger charge is -1.99. The SMILES string of the molecule is CCCCCCOc1nnc(N)s1. The van der Waals surface area contributed by atoms with Crippen molar-refractivity contribution in [3.05, 3.63) is 0 Å². The van der Waals surface area contributed by atoms with Crippen LogP contribution in [-0.2, 0) is 0 Å². The van der Waals surface area contributed by atoms with Crippen LogP contribution in [-0.4, -0.2) is 16.8 Å². The van der Waals surface area contributed by atoms with Crippen LogP contribution < -0.4 is 10.5 Å². The summed E-state index contributed by atoms with van der Waals surface area (Å²) in [5.74, 6) is 0. The van der Waals surface area contributed by atoms with Crippen molar-refractivity contribution in [2.45, 2.75) is 32.6 Å². The van der Waals surface area contributed by atoms with Crippen LogP contribution in [0.3, 0.4) is 0 Å². The second-order valence-corrected chi connectivity index (χ2v) is 3.79. The van der Waals surface area contributed by atoms with Crippen molar-refractivity contribution in [2.24, 2.45) is 0 Å². The van der Waals surface area contributed by atoms with Gasteiger partial charge in [0.1, 0.15) is 0 Å². The Balaban J connectivity index is 2.06. The molecule has 0 spiro atoms. The van der Waals surface area contributed by atoms with Gasteiger partial charge in [-0.1, -0.05) is 31.3 Å². The van der Waals surface area contributed by atoms with Crippen molar-refractivity contribution >= 4 is 16.5 Å². The van der Waals surface area contributed by atoms with Gasteiger partial charge in [0, 0.05) is 0 Å². The van der Waals surface area contributed by atoms with Crippen LogP contribution in [0.1, 0.15) is 32.6 Å². The molecule has 13 heavy (non-hydrogen) atoms. The highest BCUT2D eigenvalue weighted by Gasteiger charge is 2.00. The fraction of sp³-hybridized carbons (Fsp3) is 0.750. The summed E-state index contributed by atoms with van der Waals surface area (Å²) < 4.78 is 5.34. The molecule has 4 nitrogen and oxygen atoms in total. The summed E-state index contributed by atoms with van der Waals surface area (Å²) in [7, 11) is 0. The molecule has 1 aromatic rings. The first-order chi connectivity index (χ1) is 6.33. The Hall–Kier alpha value is -0.840. The maximum Gasteiger partial charge on any atom is 0.295 e. The minimum Gasteiger partial charge on any atom is -0.469 e. The van der Waals surface area contributed by atoms with E-state index in [0.29, 0.717) is 16.9 Å². The topological polar surface area (TPSA) is 61.0 Å². The molecule has 1 heterocycles. The molecule has 0 bridgehead atoms. The van der Waals surface area contributed by atoms with Gasteiger partial charge < -0.3 is 10.5 Å². The third kappa shape index (κ3) is 4.07. The van der Waals surface area contributed by atoms with Gasteiger partial charge in [-0.25, -0.2) is 0 Å². The number of hydrogen-bond acceptors (Lipinski definition) is 5. The Morgan fingerprint density at radius 3 is 2.77 bits per heavy atom. The van der Waals surface area contributed by atoms with E-state index in [-0.39, 0.29) is 0 Å². The highest BCUT2D eigenvalue weighted by molar-refractivity contribution is 7.16. The van der Waals surface area contributed by atoms with E-state index in [9.17, 15) is 0 Å². The Morgan fingerprint density at radius 1 is 1.31 bits per heavy atom. The maximum atomic E-state index is 5.40. The first kappa shape index (κ1) is 10.2. The molecule has 5 heteroatoms. The summed E-state index contributed by atoms with van der Waals surface area (Å²) in [4.78, 5) is 0. The van der Waals surface area contributed by atoms with E-state index in [1.54, 1.807) is 0 Å². The lowest BCUT2D eigenvalue weighted by Crippen LogP contribution is -1.96. The smallest absolute Gasteiger partial charge is 0.295 e. The summed E-state index contributed by atoms with van der Waals surface area (Å²) in [5.41, 5.74) is 5.40. The Labute approximate surface area is 82.1 Å². The molecule has 0 amide bonds. The molecule has 0 fully saturated rings. The number of aromatic nitrogens is 2. The van der Waals surface area contributed by atoms with Crippen LogP contribution in [0, 0.1) is 0 Å². The molecule has 0 aliphatic carbocycles. The molecule has 0 saturated carbocycles. The molecular weight excluding hydrogens is 186 g/mol. The highest BCUT2D eigenvalue weighted by atomic mass is 32.1. The number of hydrogen-bond donors (Lipinski definition) is 1. The number of nitrogens with zero attached hydrogens (tertiary/aromatic N) is 2. The predicted molar refractivity (Wildman–Crippen MR) is 54.0 cm³/mol. The van der Waals surface area contributed by atoms with Gasteiger partial charge in [-0.2, -0.15) is 0 Å². The number of ether oxygens (including phenoxy) is 1. The first-order valence-corrected chi connectivity index (χ1v) is 5.36. The normalized spacial score (nSPS) is 10.2. The van der Waals surface area contributed by atoms with Gasteiger partial charge in [0.05, 0.1) is 6.61 Å². The third-order valence-electron chi connectivity index (χ3n) is 1.65. The second kappa shape index (κ2) is 5.75. The van der Waals surface area contributed by atoms with E-state index >= 15 is 0 Å². The molecule has 2 N–H and O–H groups in total. The van der Waals surface area contributed by atoms with Crippen LogP contribution in [0.2, 0.25) is 0 Å². The second-order valence-electron chi connectivity index (χ2n) is 2.82. The third-order valence-corrected chi connectivity index (χ3v) is 2.31. The molecule has 0 saturated heterocycles. The van der Waals surface area contributed by atoms with E-state index in [1.807, 2.05) is 0 Å². The molecule has 0 aromatic carbocycles. The lowest BCUT2D eigenvalue weighted by atomic mass is 10.2. The summed E-state index contributed by atoms with van der Waals surface area (Å²) >= 11 is 1.28. The van der Waals surface area contributed by atoms with Crippen LogP contribution in [0.15, 0.2) is 0 Å². The minimum absolute atomic E-state index is 0.462. The van der Waals surface area contributed by atoms with Gasteiger partial charge in [-0.15, -0.1) is 5.10 Å². The van der Waals surface area contributed by atoms with E-state index in [0.717, 1.165) is 6.42 Å². The molecule has 0 unspecified atom stereocenters. The van der Waals surface area contributed by atoms with Gasteiger partial charge in [-0.3, -0.25) is 0 Å². The molecular formula is C8H15N3OS. The first-order valence-electron chi connectivity index (χ1n) is 4.54.